The lowest BCUT2D eigenvalue weighted by molar-refractivity contribution is -0.146. The van der Waals surface area contributed by atoms with Crippen LogP contribution in [0.1, 0.15) is 203 Å². The number of nitrogens with zero attached hydrogens (tertiary/aromatic N) is 1. The zero-order valence-electron chi connectivity index (χ0n) is 33.9. The second kappa shape index (κ2) is 34.0. The van der Waals surface area contributed by atoms with Crippen molar-refractivity contribution >= 4 is 11.9 Å². The van der Waals surface area contributed by atoms with Crippen molar-refractivity contribution in [3.05, 3.63) is 0 Å². The molecular weight excluding hydrogens is 610 g/mol. The highest BCUT2D eigenvalue weighted by atomic mass is 16.5. The van der Waals surface area contributed by atoms with Gasteiger partial charge in [0.15, 0.2) is 0 Å². The van der Waals surface area contributed by atoms with E-state index in [0.29, 0.717) is 43.9 Å². The molecule has 0 aliphatic heterocycles. The number of aliphatic hydroxyl groups is 1. The summed E-state index contributed by atoms with van der Waals surface area (Å²) in [5.74, 6) is 2.24. The first-order valence-corrected chi connectivity index (χ1v) is 21.3. The van der Waals surface area contributed by atoms with E-state index < -0.39 is 0 Å². The second-order valence-electron chi connectivity index (χ2n) is 15.8. The molecule has 0 aliphatic rings. The number of hydrogen-bond acceptors (Lipinski definition) is 6. The summed E-state index contributed by atoms with van der Waals surface area (Å²) in [6.07, 6.45) is 26.4. The Morgan fingerprint density at radius 1 is 0.510 bits per heavy atom. The molecule has 6 nitrogen and oxygen atoms in total. The van der Waals surface area contributed by atoms with Gasteiger partial charge in [0, 0.05) is 32.0 Å². The van der Waals surface area contributed by atoms with Gasteiger partial charge in [0.1, 0.15) is 0 Å². The van der Waals surface area contributed by atoms with Gasteiger partial charge in [-0.3, -0.25) is 9.59 Å². The molecular formula is C43H85NO5. The van der Waals surface area contributed by atoms with Gasteiger partial charge in [-0.05, 0) is 81.6 Å². The Bertz CT molecular complexity index is 700. The van der Waals surface area contributed by atoms with Crippen LogP contribution in [0.25, 0.3) is 0 Å². The topological polar surface area (TPSA) is 76.1 Å². The number of unbranched alkanes of at least 4 members (excludes halogenated alkanes) is 10. The van der Waals surface area contributed by atoms with E-state index in [9.17, 15) is 14.7 Å². The fraction of sp³-hybridized carbons (Fsp3) is 0.953. The highest BCUT2D eigenvalue weighted by Gasteiger charge is 2.18. The Morgan fingerprint density at radius 3 is 1.37 bits per heavy atom. The van der Waals surface area contributed by atoms with Crippen molar-refractivity contribution in [3.8, 4) is 0 Å². The summed E-state index contributed by atoms with van der Waals surface area (Å²) < 4.78 is 11.2. The van der Waals surface area contributed by atoms with Crippen molar-refractivity contribution in [2.75, 3.05) is 32.9 Å². The predicted molar refractivity (Wildman–Crippen MR) is 209 cm³/mol. The lowest BCUT2D eigenvalue weighted by atomic mass is 9.97. The Hall–Kier alpha value is -1.14. The van der Waals surface area contributed by atoms with E-state index in [1.807, 2.05) is 0 Å². The molecule has 0 rings (SSSR count). The van der Waals surface area contributed by atoms with E-state index in [1.54, 1.807) is 0 Å². The van der Waals surface area contributed by atoms with Crippen LogP contribution in [0.4, 0.5) is 0 Å². The first-order valence-electron chi connectivity index (χ1n) is 21.3. The van der Waals surface area contributed by atoms with Gasteiger partial charge < -0.3 is 19.5 Å². The molecule has 6 heteroatoms. The summed E-state index contributed by atoms with van der Waals surface area (Å²) in [5.41, 5.74) is 0. The Labute approximate surface area is 305 Å². The molecule has 0 spiro atoms. The van der Waals surface area contributed by atoms with Crippen LogP contribution in [0.15, 0.2) is 0 Å². The highest BCUT2D eigenvalue weighted by molar-refractivity contribution is 5.69. The predicted octanol–water partition coefficient (Wildman–Crippen LogP) is 11.7. The van der Waals surface area contributed by atoms with Crippen LogP contribution in [0.5, 0.6) is 0 Å². The molecule has 0 radical (unpaired) electrons. The molecule has 0 aromatic heterocycles. The summed E-state index contributed by atoms with van der Waals surface area (Å²) in [5, 5.41) is 9.66. The summed E-state index contributed by atoms with van der Waals surface area (Å²) in [6.45, 7) is 19.1. The number of carbonyl (C=O) groups is 2. The van der Waals surface area contributed by atoms with Gasteiger partial charge in [-0.2, -0.15) is 0 Å². The van der Waals surface area contributed by atoms with Crippen molar-refractivity contribution in [1.29, 1.82) is 0 Å². The maximum Gasteiger partial charge on any atom is 0.305 e. The van der Waals surface area contributed by atoms with E-state index >= 15 is 0 Å². The van der Waals surface area contributed by atoms with Crippen LogP contribution < -0.4 is 0 Å². The van der Waals surface area contributed by atoms with Crippen molar-refractivity contribution < 1.29 is 24.2 Å². The molecule has 1 N–H and O–H groups in total. The summed E-state index contributed by atoms with van der Waals surface area (Å²) in [7, 11) is 0. The SMILES string of the molecule is CCCCCCCCCN(CCCO)C(CCCCCC(=O)OCC(C)CCC(C)CC)CCCCCC(=O)OCC(C)CCC(C)CC. The van der Waals surface area contributed by atoms with E-state index in [4.69, 9.17) is 9.47 Å². The quantitative estimate of drug-likeness (QED) is 0.0519. The van der Waals surface area contributed by atoms with Crippen LogP contribution in [-0.4, -0.2) is 60.9 Å². The molecule has 0 aliphatic carbocycles. The number of carbonyl (C=O) groups excluding carboxylic acids is 2. The van der Waals surface area contributed by atoms with Crippen molar-refractivity contribution in [2.24, 2.45) is 23.7 Å². The van der Waals surface area contributed by atoms with Gasteiger partial charge in [-0.1, -0.05) is 138 Å². The first kappa shape index (κ1) is 47.9. The van der Waals surface area contributed by atoms with E-state index in [2.05, 4.69) is 53.4 Å². The van der Waals surface area contributed by atoms with Gasteiger partial charge in [-0.15, -0.1) is 0 Å². The molecule has 0 aromatic rings. The molecule has 0 fully saturated rings. The minimum Gasteiger partial charge on any atom is -0.465 e. The van der Waals surface area contributed by atoms with Crippen LogP contribution in [0.2, 0.25) is 0 Å². The third-order valence-corrected chi connectivity index (χ3v) is 10.8. The smallest absolute Gasteiger partial charge is 0.305 e. The normalized spacial score (nSPS) is 14.8. The summed E-state index contributed by atoms with van der Waals surface area (Å²) in [4.78, 5) is 27.4. The molecule has 49 heavy (non-hydrogen) atoms. The van der Waals surface area contributed by atoms with Crippen LogP contribution in [0.3, 0.4) is 0 Å². The monoisotopic (exact) mass is 696 g/mol. The largest absolute Gasteiger partial charge is 0.465 e. The van der Waals surface area contributed by atoms with E-state index in [1.165, 1.54) is 70.6 Å². The van der Waals surface area contributed by atoms with Crippen molar-refractivity contribution in [1.82, 2.24) is 4.90 Å². The number of ether oxygens (including phenoxy) is 2. The number of hydrogen-bond donors (Lipinski definition) is 1. The minimum absolute atomic E-state index is 0.0467. The van der Waals surface area contributed by atoms with Gasteiger partial charge >= 0.3 is 11.9 Å². The molecule has 0 aromatic carbocycles. The Kier molecular flexibility index (Phi) is 33.2. The molecule has 0 saturated carbocycles. The fourth-order valence-corrected chi connectivity index (χ4v) is 6.51. The van der Waals surface area contributed by atoms with Gasteiger partial charge in [0.2, 0.25) is 0 Å². The zero-order chi connectivity index (χ0) is 36.5. The zero-order valence-corrected chi connectivity index (χ0v) is 33.9. The lowest BCUT2D eigenvalue weighted by Crippen LogP contribution is -2.37. The molecule has 0 bridgehead atoms. The highest BCUT2D eigenvalue weighted by Crippen LogP contribution is 2.21. The molecule has 4 atom stereocenters. The van der Waals surface area contributed by atoms with E-state index in [0.717, 1.165) is 95.6 Å². The maximum absolute atomic E-state index is 12.4. The molecule has 4 unspecified atom stereocenters. The average molecular weight is 696 g/mol. The van der Waals surface area contributed by atoms with Gasteiger partial charge in [-0.25, -0.2) is 0 Å². The lowest BCUT2D eigenvalue weighted by Gasteiger charge is -2.32. The Balaban J connectivity index is 4.75. The first-order chi connectivity index (χ1) is 23.7. The van der Waals surface area contributed by atoms with Crippen LogP contribution in [-0.2, 0) is 19.1 Å². The van der Waals surface area contributed by atoms with Crippen LogP contribution in [0, 0.1) is 23.7 Å². The van der Waals surface area contributed by atoms with Crippen molar-refractivity contribution in [3.63, 3.8) is 0 Å². The third kappa shape index (κ3) is 30.2. The molecule has 292 valence electrons. The summed E-state index contributed by atoms with van der Waals surface area (Å²) >= 11 is 0. The number of esters is 2. The Morgan fingerprint density at radius 2 is 0.918 bits per heavy atom. The van der Waals surface area contributed by atoms with Crippen molar-refractivity contribution in [2.45, 2.75) is 209 Å². The third-order valence-electron chi connectivity index (χ3n) is 10.8. The minimum atomic E-state index is -0.0467. The van der Waals surface area contributed by atoms with Gasteiger partial charge in [0.25, 0.3) is 0 Å². The second-order valence-corrected chi connectivity index (χ2v) is 15.8. The standard InChI is InChI=1S/C43H85NO5/c1-8-11-12-13-14-15-22-32-44(33-23-34-45)41(24-18-16-20-26-42(46)48-35-39(6)30-28-37(4)9-2)25-19-17-21-27-43(47)49-36-40(7)31-29-38(5)10-3/h37-41,45H,8-36H2,1-7H3. The van der Waals surface area contributed by atoms with E-state index in [-0.39, 0.29) is 18.5 Å². The average Bonchev–Trinajstić information content (AvgIpc) is 3.10. The molecule has 0 heterocycles. The number of aliphatic hydroxyl groups excluding tert-OH is 1. The maximum atomic E-state index is 12.4. The molecule has 0 amide bonds. The van der Waals surface area contributed by atoms with Crippen LogP contribution >= 0.6 is 0 Å². The molecule has 0 saturated heterocycles. The number of rotatable bonds is 36. The summed E-state index contributed by atoms with van der Waals surface area (Å²) in [6, 6.07) is 0.489. The van der Waals surface area contributed by atoms with Gasteiger partial charge in [0.05, 0.1) is 13.2 Å². The fourth-order valence-electron chi connectivity index (χ4n) is 6.51.